The van der Waals surface area contributed by atoms with Crippen LogP contribution in [0.25, 0.3) is 22.6 Å². The van der Waals surface area contributed by atoms with Gasteiger partial charge in [0.25, 0.3) is 0 Å². The molecule has 3 aromatic rings. The highest BCUT2D eigenvalue weighted by Crippen LogP contribution is 2.25. The van der Waals surface area contributed by atoms with Crippen molar-refractivity contribution in [2.45, 2.75) is 19.0 Å². The Bertz CT molecular complexity index is 1060. The second-order valence-electron chi connectivity index (χ2n) is 6.45. The summed E-state index contributed by atoms with van der Waals surface area (Å²) in [7, 11) is -1.36. The molecule has 0 spiro atoms. The lowest BCUT2D eigenvalue weighted by molar-refractivity contribution is -0.132. The maximum absolute atomic E-state index is 12.8. The number of sulfone groups is 1. The topological polar surface area (TPSA) is 85.2 Å². The molecule has 1 amide bonds. The molecule has 0 radical (unpaired) electrons. The van der Waals surface area contributed by atoms with Crippen molar-refractivity contribution in [1.29, 1.82) is 0 Å². The Kier molecular flexibility index (Phi) is 4.28. The number of hydrogen-bond donors (Lipinski definition) is 0. The fraction of sp³-hybridized carbons (Fsp3) is 0.353. The smallest absolute Gasteiger partial charge is 0.242 e. The number of carbonyl (C=O) groups excluding carboxylic acids is 1. The molecule has 1 atom stereocenters. The summed E-state index contributed by atoms with van der Waals surface area (Å²) >= 11 is 1.47. The van der Waals surface area contributed by atoms with E-state index in [1.54, 1.807) is 17.5 Å². The molecule has 1 aromatic carbocycles. The summed E-state index contributed by atoms with van der Waals surface area (Å²) in [4.78, 5) is 23.3. The zero-order valence-corrected chi connectivity index (χ0v) is 15.8. The number of thiazole rings is 1. The number of benzene rings is 1. The number of fused-ring (bicyclic) bond motifs is 1. The van der Waals surface area contributed by atoms with Crippen molar-refractivity contribution < 1.29 is 13.2 Å². The van der Waals surface area contributed by atoms with Crippen LogP contribution in [0.1, 0.15) is 6.42 Å². The van der Waals surface area contributed by atoms with Crippen LogP contribution in [0, 0.1) is 0 Å². The first-order valence-electron chi connectivity index (χ1n) is 8.24. The minimum absolute atomic E-state index is 0.0405. The van der Waals surface area contributed by atoms with E-state index < -0.39 is 9.84 Å². The predicted octanol–water partition coefficient (Wildman–Crippen LogP) is 1.81. The van der Waals surface area contributed by atoms with Crippen molar-refractivity contribution in [3.63, 3.8) is 0 Å². The van der Waals surface area contributed by atoms with E-state index in [-0.39, 0.29) is 30.0 Å². The summed E-state index contributed by atoms with van der Waals surface area (Å²) in [5, 5.41) is 1.90. The van der Waals surface area contributed by atoms with Gasteiger partial charge in [-0.3, -0.25) is 4.79 Å². The second-order valence-corrected chi connectivity index (χ2v) is 9.39. The number of hydrogen-bond acceptors (Lipinski definition) is 6. The van der Waals surface area contributed by atoms with Gasteiger partial charge in [0, 0.05) is 18.5 Å². The number of rotatable bonds is 4. The van der Waals surface area contributed by atoms with Gasteiger partial charge in [0.2, 0.25) is 5.91 Å². The molecule has 1 saturated heterocycles. The van der Waals surface area contributed by atoms with Crippen LogP contribution < -0.4 is 0 Å². The van der Waals surface area contributed by atoms with E-state index in [1.165, 1.54) is 11.3 Å². The maximum Gasteiger partial charge on any atom is 0.242 e. The van der Waals surface area contributed by atoms with Gasteiger partial charge in [0.15, 0.2) is 15.7 Å². The van der Waals surface area contributed by atoms with Gasteiger partial charge < -0.3 is 9.47 Å². The molecule has 26 heavy (non-hydrogen) atoms. The standard InChI is InChI=1S/C17H18N4O3S2/c1-20(12-6-7-26(23,24)10-12)16(22)8-21-15-5-3-2-4-13(15)19-17(21)14-9-25-11-18-14/h2-5,9,11-12H,6-8,10H2,1H3. The van der Waals surface area contributed by atoms with Gasteiger partial charge in [-0.25, -0.2) is 18.4 Å². The molecule has 0 aliphatic carbocycles. The van der Waals surface area contributed by atoms with Gasteiger partial charge in [-0.1, -0.05) is 12.1 Å². The Labute approximate surface area is 155 Å². The fourth-order valence-electron chi connectivity index (χ4n) is 3.29. The molecule has 1 aliphatic rings. The first-order valence-corrected chi connectivity index (χ1v) is 11.0. The van der Waals surface area contributed by atoms with Crippen LogP contribution in [0.2, 0.25) is 0 Å². The first kappa shape index (κ1) is 17.2. The minimum atomic E-state index is -3.04. The van der Waals surface area contributed by atoms with E-state index in [4.69, 9.17) is 0 Å². The Hall–Kier alpha value is -2.26. The molecule has 4 rings (SSSR count). The van der Waals surface area contributed by atoms with Crippen LogP contribution in [0.5, 0.6) is 0 Å². The van der Waals surface area contributed by atoms with E-state index in [2.05, 4.69) is 9.97 Å². The number of amides is 1. The third-order valence-corrected chi connectivity index (χ3v) is 7.10. The lowest BCUT2D eigenvalue weighted by Gasteiger charge is -2.24. The van der Waals surface area contributed by atoms with Crippen LogP contribution in [0.15, 0.2) is 35.2 Å². The summed E-state index contributed by atoms with van der Waals surface area (Å²) in [6.07, 6.45) is 0.494. The van der Waals surface area contributed by atoms with Gasteiger partial charge in [0.1, 0.15) is 12.2 Å². The van der Waals surface area contributed by atoms with Crippen LogP contribution in [0.3, 0.4) is 0 Å². The van der Waals surface area contributed by atoms with Gasteiger partial charge in [-0.2, -0.15) is 0 Å². The molecule has 136 valence electrons. The molecule has 7 nitrogen and oxygen atoms in total. The summed E-state index contributed by atoms with van der Waals surface area (Å²) in [6.45, 7) is 0.0976. The molecule has 0 N–H and O–H groups in total. The van der Waals surface area contributed by atoms with Crippen molar-refractivity contribution in [2.24, 2.45) is 0 Å². The van der Waals surface area contributed by atoms with Crippen LogP contribution in [-0.4, -0.2) is 58.4 Å². The molecule has 1 aliphatic heterocycles. The molecular weight excluding hydrogens is 372 g/mol. The van der Waals surface area contributed by atoms with Gasteiger partial charge >= 0.3 is 0 Å². The number of aromatic nitrogens is 3. The van der Waals surface area contributed by atoms with Crippen LogP contribution >= 0.6 is 11.3 Å². The highest BCUT2D eigenvalue weighted by atomic mass is 32.2. The molecule has 0 saturated carbocycles. The van der Waals surface area contributed by atoms with E-state index >= 15 is 0 Å². The number of likely N-dealkylation sites (N-methyl/N-ethyl adjacent to an activating group) is 1. The van der Waals surface area contributed by atoms with E-state index in [9.17, 15) is 13.2 Å². The fourth-order valence-corrected chi connectivity index (χ4v) is 5.59. The first-order chi connectivity index (χ1) is 12.4. The quantitative estimate of drug-likeness (QED) is 0.678. The molecule has 9 heteroatoms. The monoisotopic (exact) mass is 390 g/mol. The van der Waals surface area contributed by atoms with Gasteiger partial charge in [-0.15, -0.1) is 11.3 Å². The highest BCUT2D eigenvalue weighted by molar-refractivity contribution is 7.91. The van der Waals surface area contributed by atoms with E-state index in [0.29, 0.717) is 12.2 Å². The Morgan fingerprint density at radius 1 is 1.38 bits per heavy atom. The van der Waals surface area contributed by atoms with Crippen molar-refractivity contribution in [1.82, 2.24) is 19.4 Å². The lowest BCUT2D eigenvalue weighted by Crippen LogP contribution is -2.39. The van der Waals surface area contributed by atoms with Crippen molar-refractivity contribution >= 4 is 38.1 Å². The van der Waals surface area contributed by atoms with Crippen molar-refractivity contribution in [2.75, 3.05) is 18.6 Å². The average molecular weight is 390 g/mol. The zero-order valence-electron chi connectivity index (χ0n) is 14.2. The Balaban J connectivity index is 1.66. The number of nitrogens with zero attached hydrogens (tertiary/aromatic N) is 4. The molecule has 2 aromatic heterocycles. The van der Waals surface area contributed by atoms with Gasteiger partial charge in [0.05, 0.1) is 28.0 Å². The number of imidazole rings is 1. The Morgan fingerprint density at radius 3 is 2.88 bits per heavy atom. The predicted molar refractivity (Wildman–Crippen MR) is 101 cm³/mol. The number of carbonyl (C=O) groups is 1. The lowest BCUT2D eigenvalue weighted by atomic mass is 10.2. The highest BCUT2D eigenvalue weighted by Gasteiger charge is 2.33. The molecule has 3 heterocycles. The Morgan fingerprint density at radius 2 is 2.19 bits per heavy atom. The number of para-hydroxylation sites is 2. The summed E-state index contributed by atoms with van der Waals surface area (Å²) in [5.41, 5.74) is 4.12. The second kappa shape index (κ2) is 6.48. The van der Waals surface area contributed by atoms with E-state index in [1.807, 2.05) is 34.2 Å². The normalized spacial score (nSPS) is 19.0. The molecule has 1 fully saturated rings. The minimum Gasteiger partial charge on any atom is -0.340 e. The average Bonchev–Trinajstić information content (AvgIpc) is 3.33. The molecule has 0 bridgehead atoms. The van der Waals surface area contributed by atoms with Crippen LogP contribution in [-0.2, 0) is 21.2 Å². The zero-order chi connectivity index (χ0) is 18.3. The summed E-state index contributed by atoms with van der Waals surface area (Å²) in [6, 6.07) is 7.38. The largest absolute Gasteiger partial charge is 0.340 e. The third-order valence-electron chi connectivity index (χ3n) is 4.76. The van der Waals surface area contributed by atoms with Crippen molar-refractivity contribution in [3.8, 4) is 11.5 Å². The molecular formula is C17H18N4O3S2. The maximum atomic E-state index is 12.8. The molecule has 1 unspecified atom stereocenters. The van der Waals surface area contributed by atoms with Crippen LogP contribution in [0.4, 0.5) is 0 Å². The summed E-state index contributed by atoms with van der Waals surface area (Å²) in [5.74, 6) is 0.701. The van der Waals surface area contributed by atoms with E-state index in [0.717, 1.165) is 16.7 Å². The summed E-state index contributed by atoms with van der Waals surface area (Å²) < 4.78 is 25.3. The third kappa shape index (κ3) is 3.12. The van der Waals surface area contributed by atoms with Crippen molar-refractivity contribution in [3.05, 3.63) is 35.2 Å². The van der Waals surface area contributed by atoms with Gasteiger partial charge in [-0.05, 0) is 18.6 Å². The SMILES string of the molecule is CN(C(=O)Cn1c(-c2cscn2)nc2ccccc21)C1CCS(=O)(=O)C1.